The van der Waals surface area contributed by atoms with Gasteiger partial charge in [0.1, 0.15) is 6.04 Å². The molecule has 1 unspecified atom stereocenters. The lowest BCUT2D eigenvalue weighted by Gasteiger charge is -2.07. The van der Waals surface area contributed by atoms with E-state index < -0.39 is 12.1 Å². The van der Waals surface area contributed by atoms with Gasteiger partial charge in [-0.05, 0) is 6.42 Å². The van der Waals surface area contributed by atoms with E-state index in [0.717, 1.165) is 0 Å². The highest BCUT2D eigenvalue weighted by molar-refractivity contribution is 6.04. The molecule has 4 amide bonds. The first kappa shape index (κ1) is 10.5. The highest BCUT2D eigenvalue weighted by Crippen LogP contribution is 1.97. The predicted molar refractivity (Wildman–Crippen MR) is 48.4 cm³/mol. The summed E-state index contributed by atoms with van der Waals surface area (Å²) >= 11 is 0. The third-order valence-electron chi connectivity index (χ3n) is 1.93. The number of carbonyl (C=O) groups is 3. The molecule has 0 aromatic rings. The Bertz CT molecular complexity index is 265. The van der Waals surface area contributed by atoms with Gasteiger partial charge >= 0.3 is 6.03 Å². The van der Waals surface area contributed by atoms with Gasteiger partial charge in [-0.1, -0.05) is 6.92 Å². The molecule has 1 rings (SSSR count). The minimum Gasteiger partial charge on any atom is -0.356 e. The first-order valence-electron chi connectivity index (χ1n) is 4.51. The van der Waals surface area contributed by atoms with Crippen LogP contribution in [-0.2, 0) is 9.59 Å². The molecule has 0 aromatic heterocycles. The molecular formula is C8H13N3O3. The third kappa shape index (κ3) is 2.72. The summed E-state index contributed by atoms with van der Waals surface area (Å²) in [5.74, 6) is -0.393. The average molecular weight is 199 g/mol. The Morgan fingerprint density at radius 3 is 2.71 bits per heavy atom. The largest absolute Gasteiger partial charge is 0.356 e. The van der Waals surface area contributed by atoms with Gasteiger partial charge in [0.25, 0.3) is 5.91 Å². The van der Waals surface area contributed by atoms with Crippen molar-refractivity contribution in [3.05, 3.63) is 0 Å². The number of carbonyl (C=O) groups excluding carboxylic acids is 3. The van der Waals surface area contributed by atoms with Crippen LogP contribution in [0.1, 0.15) is 19.8 Å². The smallest absolute Gasteiger partial charge is 0.322 e. The maximum atomic E-state index is 11.0. The molecule has 6 heteroatoms. The summed E-state index contributed by atoms with van der Waals surface area (Å²) in [6.45, 7) is 2.14. The Morgan fingerprint density at radius 1 is 1.50 bits per heavy atom. The van der Waals surface area contributed by atoms with Crippen LogP contribution < -0.4 is 16.0 Å². The highest BCUT2D eigenvalue weighted by atomic mass is 16.2. The van der Waals surface area contributed by atoms with Crippen LogP contribution in [0.15, 0.2) is 0 Å². The summed E-state index contributed by atoms with van der Waals surface area (Å²) in [6, 6.07) is -0.985. The van der Waals surface area contributed by atoms with E-state index >= 15 is 0 Å². The fourth-order valence-electron chi connectivity index (χ4n) is 1.14. The molecule has 0 aromatic carbocycles. The number of imide groups is 1. The van der Waals surface area contributed by atoms with Gasteiger partial charge in [-0.15, -0.1) is 0 Å². The van der Waals surface area contributed by atoms with E-state index in [4.69, 9.17) is 0 Å². The van der Waals surface area contributed by atoms with Crippen LogP contribution in [0, 0.1) is 0 Å². The molecule has 14 heavy (non-hydrogen) atoms. The molecule has 0 spiro atoms. The van der Waals surface area contributed by atoms with Gasteiger partial charge in [0.05, 0.1) is 0 Å². The summed E-state index contributed by atoms with van der Waals surface area (Å²) in [5.41, 5.74) is 0. The summed E-state index contributed by atoms with van der Waals surface area (Å²) < 4.78 is 0. The fourth-order valence-corrected chi connectivity index (χ4v) is 1.14. The van der Waals surface area contributed by atoms with Gasteiger partial charge in [-0.3, -0.25) is 14.9 Å². The van der Waals surface area contributed by atoms with Gasteiger partial charge in [0.15, 0.2) is 0 Å². The Balaban J connectivity index is 2.22. The minimum atomic E-state index is -0.514. The van der Waals surface area contributed by atoms with Crippen LogP contribution in [0.25, 0.3) is 0 Å². The number of hydrogen-bond donors (Lipinski definition) is 3. The first-order chi connectivity index (χ1) is 6.63. The fraction of sp³-hybridized carbons (Fsp3) is 0.625. The van der Waals surface area contributed by atoms with E-state index in [0.29, 0.717) is 19.4 Å². The molecule has 3 N–H and O–H groups in total. The van der Waals surface area contributed by atoms with Crippen molar-refractivity contribution in [3.8, 4) is 0 Å². The van der Waals surface area contributed by atoms with E-state index in [1.54, 1.807) is 6.92 Å². The predicted octanol–water partition coefficient (Wildman–Crippen LogP) is -0.889. The number of amides is 4. The topological polar surface area (TPSA) is 87.3 Å². The van der Waals surface area contributed by atoms with Gasteiger partial charge in [-0.2, -0.15) is 0 Å². The summed E-state index contributed by atoms with van der Waals surface area (Å²) in [4.78, 5) is 32.5. The van der Waals surface area contributed by atoms with Crippen molar-refractivity contribution in [1.29, 1.82) is 0 Å². The number of rotatable bonds is 4. The molecule has 0 saturated carbocycles. The molecule has 1 saturated heterocycles. The van der Waals surface area contributed by atoms with Crippen LogP contribution in [0.3, 0.4) is 0 Å². The molecule has 0 radical (unpaired) electrons. The van der Waals surface area contributed by atoms with E-state index in [1.165, 1.54) is 0 Å². The Labute approximate surface area is 81.4 Å². The van der Waals surface area contributed by atoms with Gasteiger partial charge < -0.3 is 10.6 Å². The molecular weight excluding hydrogens is 186 g/mol. The lowest BCUT2D eigenvalue weighted by Crippen LogP contribution is -2.34. The van der Waals surface area contributed by atoms with Crippen molar-refractivity contribution in [3.63, 3.8) is 0 Å². The number of urea groups is 1. The van der Waals surface area contributed by atoms with Crippen molar-refractivity contribution in [2.75, 3.05) is 6.54 Å². The van der Waals surface area contributed by atoms with E-state index in [9.17, 15) is 14.4 Å². The summed E-state index contributed by atoms with van der Waals surface area (Å²) in [5, 5.41) is 7.19. The Kier molecular flexibility index (Phi) is 3.44. The number of hydrogen-bond acceptors (Lipinski definition) is 3. The zero-order chi connectivity index (χ0) is 10.6. The summed E-state index contributed by atoms with van der Waals surface area (Å²) in [6.07, 6.45) is 0.840. The van der Waals surface area contributed by atoms with E-state index in [1.807, 2.05) is 0 Å². The van der Waals surface area contributed by atoms with Gasteiger partial charge in [0, 0.05) is 13.0 Å². The minimum absolute atomic E-state index is 0.0604. The lowest BCUT2D eigenvalue weighted by molar-refractivity contribution is -0.122. The van der Waals surface area contributed by atoms with Gasteiger partial charge in [-0.25, -0.2) is 4.79 Å². The molecule has 1 heterocycles. The van der Waals surface area contributed by atoms with Crippen LogP contribution in [0.2, 0.25) is 0 Å². The first-order valence-corrected chi connectivity index (χ1v) is 4.51. The zero-order valence-electron chi connectivity index (χ0n) is 7.92. The van der Waals surface area contributed by atoms with Crippen molar-refractivity contribution in [1.82, 2.24) is 16.0 Å². The second kappa shape index (κ2) is 4.59. The molecule has 1 aliphatic heterocycles. The van der Waals surface area contributed by atoms with Crippen LogP contribution in [-0.4, -0.2) is 30.4 Å². The standard InChI is InChI=1S/C8H13N3O3/c1-2-6(12)9-4-3-5-7(13)11-8(14)10-5/h5H,2-4H2,1H3,(H,9,12)(H2,10,11,13,14). The average Bonchev–Trinajstić information content (AvgIpc) is 2.45. The van der Waals surface area contributed by atoms with Crippen LogP contribution in [0.5, 0.6) is 0 Å². The van der Waals surface area contributed by atoms with Crippen molar-refractivity contribution >= 4 is 17.8 Å². The normalized spacial score (nSPS) is 20.2. The zero-order valence-corrected chi connectivity index (χ0v) is 7.92. The second-order valence-corrected chi connectivity index (χ2v) is 3.01. The van der Waals surface area contributed by atoms with Gasteiger partial charge in [0.2, 0.25) is 5.91 Å². The Hall–Kier alpha value is -1.59. The molecule has 0 aliphatic carbocycles. The number of nitrogens with one attached hydrogen (secondary N) is 3. The summed E-state index contributed by atoms with van der Waals surface area (Å²) in [7, 11) is 0. The van der Waals surface area contributed by atoms with Crippen molar-refractivity contribution in [2.24, 2.45) is 0 Å². The monoisotopic (exact) mass is 199 g/mol. The maximum Gasteiger partial charge on any atom is 0.322 e. The van der Waals surface area contributed by atoms with E-state index in [-0.39, 0.29) is 11.8 Å². The third-order valence-corrected chi connectivity index (χ3v) is 1.93. The molecule has 0 bridgehead atoms. The van der Waals surface area contributed by atoms with E-state index in [2.05, 4.69) is 16.0 Å². The molecule has 6 nitrogen and oxygen atoms in total. The highest BCUT2D eigenvalue weighted by Gasteiger charge is 2.28. The second-order valence-electron chi connectivity index (χ2n) is 3.01. The van der Waals surface area contributed by atoms with Crippen molar-refractivity contribution < 1.29 is 14.4 Å². The lowest BCUT2D eigenvalue weighted by atomic mass is 10.2. The Morgan fingerprint density at radius 2 is 2.21 bits per heavy atom. The maximum absolute atomic E-state index is 11.0. The van der Waals surface area contributed by atoms with Crippen LogP contribution >= 0.6 is 0 Å². The molecule has 1 fully saturated rings. The molecule has 78 valence electrons. The molecule has 1 atom stereocenters. The van der Waals surface area contributed by atoms with Crippen LogP contribution in [0.4, 0.5) is 4.79 Å². The molecule has 1 aliphatic rings. The quantitative estimate of drug-likeness (QED) is 0.513. The van der Waals surface area contributed by atoms with Crippen molar-refractivity contribution in [2.45, 2.75) is 25.8 Å². The SMILES string of the molecule is CCC(=O)NCCC1NC(=O)NC1=O.